The van der Waals surface area contributed by atoms with E-state index in [0.29, 0.717) is 22.7 Å². The highest BCUT2D eigenvalue weighted by Crippen LogP contribution is 2.35. The monoisotopic (exact) mass is 225 g/mol. The second-order valence-electron chi connectivity index (χ2n) is 3.40. The van der Waals surface area contributed by atoms with E-state index < -0.39 is 11.9 Å². The fourth-order valence-corrected chi connectivity index (χ4v) is 1.35. The van der Waals surface area contributed by atoms with Crippen LogP contribution >= 0.6 is 0 Å². The lowest BCUT2D eigenvalue weighted by Gasteiger charge is -2.14. The summed E-state index contributed by atoms with van der Waals surface area (Å²) in [7, 11) is 2.95. The first kappa shape index (κ1) is 12.2. The molecule has 16 heavy (non-hydrogen) atoms. The third-order valence-electron chi connectivity index (χ3n) is 2.44. The van der Waals surface area contributed by atoms with Crippen molar-refractivity contribution in [1.29, 1.82) is 0 Å². The molecule has 0 spiro atoms. The Morgan fingerprint density at radius 3 is 2.06 bits per heavy atom. The number of ether oxygens (including phenoxy) is 2. The molecule has 0 radical (unpaired) electrons. The van der Waals surface area contributed by atoms with Crippen LogP contribution in [0, 0.1) is 0 Å². The zero-order valence-electron chi connectivity index (χ0n) is 9.48. The Balaban J connectivity index is 3.26. The van der Waals surface area contributed by atoms with E-state index in [1.165, 1.54) is 14.2 Å². The third kappa shape index (κ3) is 2.18. The summed E-state index contributed by atoms with van der Waals surface area (Å²) in [4.78, 5) is 10.9. The van der Waals surface area contributed by atoms with Gasteiger partial charge >= 0.3 is 5.97 Å². The van der Waals surface area contributed by atoms with Crippen LogP contribution < -0.4 is 15.2 Å². The topological polar surface area (TPSA) is 81.8 Å². The van der Waals surface area contributed by atoms with Crippen LogP contribution in [0.25, 0.3) is 0 Å². The first-order valence-electron chi connectivity index (χ1n) is 4.75. The highest BCUT2D eigenvalue weighted by atomic mass is 16.5. The van der Waals surface area contributed by atoms with E-state index in [1.807, 2.05) is 0 Å². The molecule has 0 aliphatic rings. The van der Waals surface area contributed by atoms with Crippen molar-refractivity contribution in [3.63, 3.8) is 0 Å². The van der Waals surface area contributed by atoms with Crippen molar-refractivity contribution >= 4 is 11.7 Å². The summed E-state index contributed by atoms with van der Waals surface area (Å²) in [5.41, 5.74) is 6.71. The normalized spacial score (nSPS) is 11.9. The van der Waals surface area contributed by atoms with Gasteiger partial charge < -0.3 is 20.3 Å². The van der Waals surface area contributed by atoms with Crippen molar-refractivity contribution in [2.75, 3.05) is 20.0 Å². The van der Waals surface area contributed by atoms with Crippen molar-refractivity contribution in [3.05, 3.63) is 17.7 Å². The van der Waals surface area contributed by atoms with Crippen LogP contribution in [-0.2, 0) is 4.79 Å². The number of nitrogens with two attached hydrogens (primary N) is 1. The van der Waals surface area contributed by atoms with E-state index in [1.54, 1.807) is 19.1 Å². The average Bonchev–Trinajstić information content (AvgIpc) is 2.28. The summed E-state index contributed by atoms with van der Waals surface area (Å²) < 4.78 is 10.1. The van der Waals surface area contributed by atoms with Gasteiger partial charge in [-0.1, -0.05) is 0 Å². The van der Waals surface area contributed by atoms with E-state index in [4.69, 9.17) is 20.3 Å². The molecule has 0 saturated heterocycles. The molecule has 0 aliphatic carbocycles. The molecule has 0 saturated carbocycles. The molecule has 1 unspecified atom stereocenters. The van der Waals surface area contributed by atoms with E-state index in [9.17, 15) is 4.79 Å². The van der Waals surface area contributed by atoms with Gasteiger partial charge in [0, 0.05) is 0 Å². The molecule has 5 nitrogen and oxygen atoms in total. The number of rotatable bonds is 4. The molecule has 1 aromatic carbocycles. The Kier molecular flexibility index (Phi) is 3.60. The summed E-state index contributed by atoms with van der Waals surface area (Å²) in [6, 6.07) is 3.22. The average molecular weight is 225 g/mol. The fraction of sp³-hybridized carbons (Fsp3) is 0.364. The summed E-state index contributed by atoms with van der Waals surface area (Å²) in [5, 5.41) is 8.92. The van der Waals surface area contributed by atoms with Crippen LogP contribution in [0.5, 0.6) is 11.5 Å². The first-order chi connectivity index (χ1) is 7.51. The van der Waals surface area contributed by atoms with Crippen LogP contribution in [0.2, 0.25) is 0 Å². The molecule has 1 rings (SSSR count). The minimum absolute atomic E-state index is 0.367. The number of benzene rings is 1. The van der Waals surface area contributed by atoms with Crippen molar-refractivity contribution in [3.8, 4) is 11.5 Å². The Labute approximate surface area is 93.8 Å². The van der Waals surface area contributed by atoms with Crippen LogP contribution in [-0.4, -0.2) is 25.3 Å². The van der Waals surface area contributed by atoms with Gasteiger partial charge in [-0.2, -0.15) is 0 Å². The van der Waals surface area contributed by atoms with Crippen LogP contribution in [0.1, 0.15) is 18.4 Å². The minimum Gasteiger partial charge on any atom is -0.494 e. The maximum atomic E-state index is 10.9. The van der Waals surface area contributed by atoms with Gasteiger partial charge in [0.1, 0.15) is 17.2 Å². The first-order valence-corrected chi connectivity index (χ1v) is 4.75. The van der Waals surface area contributed by atoms with Crippen molar-refractivity contribution in [1.82, 2.24) is 0 Å². The summed E-state index contributed by atoms with van der Waals surface area (Å²) in [6.07, 6.45) is 0. The molecule has 0 amide bonds. The molecular weight excluding hydrogens is 210 g/mol. The lowest BCUT2D eigenvalue weighted by Crippen LogP contribution is -2.08. The lowest BCUT2D eigenvalue weighted by atomic mass is 10.00. The molecular formula is C11H15NO4. The van der Waals surface area contributed by atoms with Gasteiger partial charge in [0.05, 0.1) is 20.1 Å². The van der Waals surface area contributed by atoms with E-state index >= 15 is 0 Å². The Bertz CT molecular complexity index is 378. The number of aliphatic carboxylic acids is 1. The summed E-state index contributed by atoms with van der Waals surface area (Å²) >= 11 is 0. The zero-order chi connectivity index (χ0) is 12.3. The molecule has 3 N–H and O–H groups in total. The van der Waals surface area contributed by atoms with Gasteiger partial charge in [-0.25, -0.2) is 0 Å². The van der Waals surface area contributed by atoms with Gasteiger partial charge in [-0.15, -0.1) is 0 Å². The SMILES string of the molecule is COc1cc(C(C)C(=O)O)cc(OC)c1N. The molecule has 88 valence electrons. The Hall–Kier alpha value is -1.91. The molecule has 0 heterocycles. The van der Waals surface area contributed by atoms with E-state index in [2.05, 4.69) is 0 Å². The van der Waals surface area contributed by atoms with Gasteiger partial charge in [0.25, 0.3) is 0 Å². The number of carbonyl (C=O) groups is 1. The number of anilines is 1. The Morgan fingerprint density at radius 1 is 1.31 bits per heavy atom. The minimum atomic E-state index is -0.908. The maximum absolute atomic E-state index is 10.9. The van der Waals surface area contributed by atoms with E-state index in [-0.39, 0.29) is 0 Å². The number of hydrogen-bond donors (Lipinski definition) is 2. The van der Waals surface area contributed by atoms with Gasteiger partial charge in [0.2, 0.25) is 0 Å². The molecule has 0 aliphatic heterocycles. The summed E-state index contributed by atoms with van der Waals surface area (Å²) in [5.74, 6) is -0.706. The Morgan fingerprint density at radius 2 is 1.75 bits per heavy atom. The highest BCUT2D eigenvalue weighted by Gasteiger charge is 2.18. The number of carboxylic acid groups (broad SMARTS) is 1. The van der Waals surface area contributed by atoms with Crippen LogP contribution in [0.4, 0.5) is 5.69 Å². The molecule has 1 atom stereocenters. The lowest BCUT2D eigenvalue weighted by molar-refractivity contribution is -0.138. The molecule has 0 fully saturated rings. The second kappa shape index (κ2) is 4.74. The zero-order valence-corrected chi connectivity index (χ0v) is 9.48. The molecule has 0 bridgehead atoms. The highest BCUT2D eigenvalue weighted by molar-refractivity contribution is 5.77. The summed E-state index contributed by atoms with van der Waals surface area (Å²) in [6.45, 7) is 1.59. The predicted molar refractivity (Wildman–Crippen MR) is 60.0 cm³/mol. The number of methoxy groups -OCH3 is 2. The molecule has 5 heteroatoms. The maximum Gasteiger partial charge on any atom is 0.310 e. The third-order valence-corrected chi connectivity index (χ3v) is 2.44. The number of nitrogen functional groups attached to an aromatic ring is 1. The van der Waals surface area contributed by atoms with Gasteiger partial charge in [-0.3, -0.25) is 4.79 Å². The second-order valence-corrected chi connectivity index (χ2v) is 3.40. The van der Waals surface area contributed by atoms with Crippen molar-refractivity contribution < 1.29 is 19.4 Å². The van der Waals surface area contributed by atoms with Gasteiger partial charge in [-0.05, 0) is 24.6 Å². The molecule has 1 aromatic rings. The van der Waals surface area contributed by atoms with E-state index in [0.717, 1.165) is 0 Å². The predicted octanol–water partition coefficient (Wildman–Crippen LogP) is 1.47. The quantitative estimate of drug-likeness (QED) is 0.758. The van der Waals surface area contributed by atoms with Crippen LogP contribution in [0.3, 0.4) is 0 Å². The van der Waals surface area contributed by atoms with Crippen LogP contribution in [0.15, 0.2) is 12.1 Å². The number of hydrogen-bond acceptors (Lipinski definition) is 4. The molecule has 0 aromatic heterocycles. The number of carboxylic acids is 1. The smallest absolute Gasteiger partial charge is 0.310 e. The van der Waals surface area contributed by atoms with Gasteiger partial charge in [0.15, 0.2) is 0 Å². The standard InChI is InChI=1S/C11H15NO4/c1-6(11(13)14)7-4-8(15-2)10(12)9(5-7)16-3/h4-6H,12H2,1-3H3,(H,13,14). The van der Waals surface area contributed by atoms with Crippen molar-refractivity contribution in [2.24, 2.45) is 0 Å². The largest absolute Gasteiger partial charge is 0.494 e. The van der Waals surface area contributed by atoms with Crippen molar-refractivity contribution in [2.45, 2.75) is 12.8 Å². The fourth-order valence-electron chi connectivity index (χ4n) is 1.35.